The summed E-state index contributed by atoms with van der Waals surface area (Å²) < 4.78 is 16.1. The molecule has 0 spiro atoms. The Balaban J connectivity index is 2.31. The maximum absolute atomic E-state index is 13.6. The Morgan fingerprint density at radius 3 is 2.81 bits per heavy atom. The lowest BCUT2D eigenvalue weighted by Gasteiger charge is -2.18. The SMILES string of the molecule is CCc1cc(C(Cc2cccc(F)c2Br)NN)n(CC)n1. The largest absolute Gasteiger partial charge is 0.271 e. The second-order valence-corrected chi connectivity index (χ2v) is 5.66. The van der Waals surface area contributed by atoms with Gasteiger partial charge < -0.3 is 0 Å². The first kappa shape index (κ1) is 16.1. The van der Waals surface area contributed by atoms with Crippen molar-refractivity contribution in [3.63, 3.8) is 0 Å². The van der Waals surface area contributed by atoms with E-state index in [1.807, 2.05) is 17.7 Å². The average molecular weight is 355 g/mol. The molecule has 1 unspecified atom stereocenters. The molecule has 1 atom stereocenters. The van der Waals surface area contributed by atoms with Gasteiger partial charge in [-0.2, -0.15) is 5.10 Å². The van der Waals surface area contributed by atoms with Crippen molar-refractivity contribution in [3.05, 3.63) is 51.5 Å². The number of hydrazine groups is 1. The fourth-order valence-electron chi connectivity index (χ4n) is 2.37. The molecule has 6 heteroatoms. The summed E-state index contributed by atoms with van der Waals surface area (Å²) >= 11 is 3.30. The van der Waals surface area contributed by atoms with Crippen LogP contribution in [0.15, 0.2) is 28.7 Å². The van der Waals surface area contributed by atoms with Crippen molar-refractivity contribution in [1.29, 1.82) is 0 Å². The molecule has 0 radical (unpaired) electrons. The molecule has 0 fully saturated rings. The summed E-state index contributed by atoms with van der Waals surface area (Å²) in [6, 6.07) is 6.98. The van der Waals surface area contributed by atoms with Crippen LogP contribution in [0.3, 0.4) is 0 Å². The number of halogens is 2. The molecule has 1 aromatic carbocycles. The van der Waals surface area contributed by atoms with Crippen molar-refractivity contribution in [3.8, 4) is 0 Å². The maximum Gasteiger partial charge on any atom is 0.137 e. The summed E-state index contributed by atoms with van der Waals surface area (Å²) in [5, 5.41) is 4.53. The third-order valence-corrected chi connectivity index (χ3v) is 4.43. The van der Waals surface area contributed by atoms with Gasteiger partial charge in [0.25, 0.3) is 0 Å². The Labute approximate surface area is 132 Å². The molecule has 21 heavy (non-hydrogen) atoms. The molecule has 0 aliphatic heterocycles. The van der Waals surface area contributed by atoms with Crippen LogP contribution in [0.25, 0.3) is 0 Å². The topological polar surface area (TPSA) is 55.9 Å². The van der Waals surface area contributed by atoms with Crippen LogP contribution >= 0.6 is 15.9 Å². The van der Waals surface area contributed by atoms with Gasteiger partial charge in [-0.25, -0.2) is 4.39 Å². The van der Waals surface area contributed by atoms with E-state index >= 15 is 0 Å². The molecule has 1 heterocycles. The van der Waals surface area contributed by atoms with E-state index in [-0.39, 0.29) is 11.9 Å². The molecule has 4 nitrogen and oxygen atoms in total. The first-order valence-corrected chi connectivity index (χ1v) is 7.85. The zero-order chi connectivity index (χ0) is 15.4. The number of aromatic nitrogens is 2. The lowest BCUT2D eigenvalue weighted by molar-refractivity contribution is 0.488. The van der Waals surface area contributed by atoms with Crippen LogP contribution < -0.4 is 11.3 Å². The molecule has 2 rings (SSSR count). The van der Waals surface area contributed by atoms with E-state index < -0.39 is 0 Å². The van der Waals surface area contributed by atoms with Gasteiger partial charge in [0.15, 0.2) is 0 Å². The van der Waals surface area contributed by atoms with Gasteiger partial charge >= 0.3 is 0 Å². The summed E-state index contributed by atoms with van der Waals surface area (Å²) in [5.74, 6) is 5.45. The van der Waals surface area contributed by atoms with Crippen molar-refractivity contribution in [1.82, 2.24) is 15.2 Å². The molecular formula is C15H20BrFN4. The van der Waals surface area contributed by atoms with Gasteiger partial charge in [0, 0.05) is 6.54 Å². The van der Waals surface area contributed by atoms with Crippen LogP contribution in [0.2, 0.25) is 0 Å². The quantitative estimate of drug-likeness (QED) is 0.618. The second kappa shape index (κ2) is 7.15. The van der Waals surface area contributed by atoms with Gasteiger partial charge in [0.1, 0.15) is 5.82 Å². The Bertz CT molecular complexity index is 612. The zero-order valence-electron chi connectivity index (χ0n) is 12.2. The smallest absolute Gasteiger partial charge is 0.137 e. The minimum atomic E-state index is -0.262. The Kier molecular flexibility index (Phi) is 5.50. The Morgan fingerprint density at radius 1 is 1.43 bits per heavy atom. The third kappa shape index (κ3) is 3.51. The van der Waals surface area contributed by atoms with E-state index in [0.717, 1.165) is 29.9 Å². The number of nitrogens with zero attached hydrogens (tertiary/aromatic N) is 2. The summed E-state index contributed by atoms with van der Waals surface area (Å²) in [6.45, 7) is 4.89. The molecule has 0 amide bonds. The molecule has 1 aromatic heterocycles. The summed E-state index contributed by atoms with van der Waals surface area (Å²) in [4.78, 5) is 0. The van der Waals surface area contributed by atoms with Crippen LogP contribution in [0.4, 0.5) is 4.39 Å². The minimum absolute atomic E-state index is 0.115. The van der Waals surface area contributed by atoms with E-state index in [0.29, 0.717) is 10.9 Å². The number of nitrogens with two attached hydrogens (primary N) is 1. The predicted octanol–water partition coefficient (Wildman–Crippen LogP) is 3.11. The lowest BCUT2D eigenvalue weighted by atomic mass is 10.0. The van der Waals surface area contributed by atoms with E-state index in [1.54, 1.807) is 6.07 Å². The third-order valence-electron chi connectivity index (χ3n) is 3.54. The second-order valence-electron chi connectivity index (χ2n) is 4.87. The maximum atomic E-state index is 13.6. The van der Waals surface area contributed by atoms with Crippen molar-refractivity contribution in [2.75, 3.05) is 0 Å². The van der Waals surface area contributed by atoms with Gasteiger partial charge in [0.05, 0.1) is 21.9 Å². The van der Waals surface area contributed by atoms with E-state index in [1.165, 1.54) is 6.07 Å². The highest BCUT2D eigenvalue weighted by Gasteiger charge is 2.18. The molecule has 0 saturated heterocycles. The van der Waals surface area contributed by atoms with Gasteiger partial charge in [0.2, 0.25) is 0 Å². The summed E-state index contributed by atoms with van der Waals surface area (Å²) in [7, 11) is 0. The highest BCUT2D eigenvalue weighted by molar-refractivity contribution is 9.10. The molecule has 0 saturated carbocycles. The van der Waals surface area contributed by atoms with Crippen LogP contribution in [-0.4, -0.2) is 9.78 Å². The van der Waals surface area contributed by atoms with Gasteiger partial charge in [-0.15, -0.1) is 0 Å². The van der Waals surface area contributed by atoms with Crippen molar-refractivity contribution >= 4 is 15.9 Å². The Hall–Kier alpha value is -1.24. The molecule has 0 aliphatic rings. The van der Waals surface area contributed by atoms with Crippen LogP contribution in [0, 0.1) is 5.82 Å². The lowest BCUT2D eigenvalue weighted by Crippen LogP contribution is -2.31. The monoisotopic (exact) mass is 354 g/mol. The minimum Gasteiger partial charge on any atom is -0.271 e. The summed E-state index contributed by atoms with van der Waals surface area (Å²) in [6.07, 6.45) is 1.46. The number of rotatable bonds is 6. The van der Waals surface area contributed by atoms with Gasteiger partial charge in [-0.1, -0.05) is 19.1 Å². The first-order chi connectivity index (χ1) is 10.1. The Morgan fingerprint density at radius 2 is 2.19 bits per heavy atom. The standard InChI is InChI=1S/C15H20BrFN4/c1-3-11-9-14(21(4-2)20-11)13(19-18)8-10-6-5-7-12(17)15(10)16/h5-7,9,13,19H,3-4,8,18H2,1-2H3. The number of nitrogens with one attached hydrogen (secondary N) is 1. The molecule has 0 bridgehead atoms. The molecule has 3 N–H and O–H groups in total. The molecular weight excluding hydrogens is 335 g/mol. The number of benzene rings is 1. The van der Waals surface area contributed by atoms with Gasteiger partial charge in [-0.3, -0.25) is 16.0 Å². The van der Waals surface area contributed by atoms with Crippen LogP contribution in [0.1, 0.15) is 36.8 Å². The number of hydrogen-bond donors (Lipinski definition) is 2. The molecule has 0 aliphatic carbocycles. The normalized spacial score (nSPS) is 12.6. The van der Waals surface area contributed by atoms with E-state index in [2.05, 4.69) is 39.4 Å². The van der Waals surface area contributed by atoms with Crippen molar-refractivity contribution < 1.29 is 4.39 Å². The number of aryl methyl sites for hydroxylation is 2. The number of hydrogen-bond acceptors (Lipinski definition) is 3. The van der Waals surface area contributed by atoms with E-state index in [4.69, 9.17) is 5.84 Å². The first-order valence-electron chi connectivity index (χ1n) is 7.06. The fraction of sp³-hybridized carbons (Fsp3) is 0.400. The molecule has 114 valence electrons. The fourth-order valence-corrected chi connectivity index (χ4v) is 2.79. The highest BCUT2D eigenvalue weighted by Crippen LogP contribution is 2.26. The van der Waals surface area contributed by atoms with E-state index in [9.17, 15) is 4.39 Å². The highest BCUT2D eigenvalue weighted by atomic mass is 79.9. The van der Waals surface area contributed by atoms with Crippen LogP contribution in [0.5, 0.6) is 0 Å². The van der Waals surface area contributed by atoms with Crippen LogP contribution in [-0.2, 0) is 19.4 Å². The molecule has 2 aromatic rings. The van der Waals surface area contributed by atoms with Crippen molar-refractivity contribution in [2.45, 2.75) is 39.3 Å². The summed E-state index contributed by atoms with van der Waals surface area (Å²) in [5.41, 5.74) is 5.75. The predicted molar refractivity (Wildman–Crippen MR) is 85.1 cm³/mol. The zero-order valence-corrected chi connectivity index (χ0v) is 13.8. The van der Waals surface area contributed by atoms with Crippen molar-refractivity contribution in [2.24, 2.45) is 5.84 Å². The average Bonchev–Trinajstić information content (AvgIpc) is 2.92. The van der Waals surface area contributed by atoms with Gasteiger partial charge in [-0.05, 0) is 53.4 Å².